The Morgan fingerprint density at radius 3 is 2.60 bits per heavy atom. The summed E-state index contributed by atoms with van der Waals surface area (Å²) in [5, 5.41) is 33.6. The molecule has 8 nitrogen and oxygen atoms in total. The molecular formula is C12H17N3O5. The predicted molar refractivity (Wildman–Crippen MR) is 72.8 cm³/mol. The normalized spacial score (nSPS) is 10.1. The van der Waals surface area contributed by atoms with Gasteiger partial charge in [0.1, 0.15) is 5.69 Å². The number of rotatable bonds is 8. The van der Waals surface area contributed by atoms with Crippen LogP contribution >= 0.6 is 0 Å². The maximum atomic E-state index is 10.9. The molecule has 0 heterocycles. The summed E-state index contributed by atoms with van der Waals surface area (Å²) in [5.74, 6) is 0. The van der Waals surface area contributed by atoms with E-state index in [2.05, 4.69) is 10.6 Å². The van der Waals surface area contributed by atoms with Crippen LogP contribution < -0.4 is 10.6 Å². The van der Waals surface area contributed by atoms with Gasteiger partial charge in [0.25, 0.3) is 5.69 Å². The fourth-order valence-corrected chi connectivity index (χ4v) is 1.73. The summed E-state index contributed by atoms with van der Waals surface area (Å²) < 4.78 is 0. The van der Waals surface area contributed by atoms with Gasteiger partial charge in [0.05, 0.1) is 11.5 Å². The zero-order valence-electron chi connectivity index (χ0n) is 10.8. The number of nitro groups is 1. The number of carboxylic acid groups (broad SMARTS) is 1. The van der Waals surface area contributed by atoms with Gasteiger partial charge < -0.3 is 20.8 Å². The molecule has 0 saturated carbocycles. The first-order chi connectivity index (χ1) is 9.56. The highest BCUT2D eigenvalue weighted by Gasteiger charge is 2.16. The average molecular weight is 283 g/mol. The summed E-state index contributed by atoms with van der Waals surface area (Å²) in [4.78, 5) is 20.6. The summed E-state index contributed by atoms with van der Waals surface area (Å²) >= 11 is 0. The maximum Gasteiger partial charge on any atom is 0.404 e. The Balaban J connectivity index is 2.54. The fraction of sp³-hybridized carbons (Fsp3) is 0.417. The zero-order chi connectivity index (χ0) is 15.0. The molecule has 0 fully saturated rings. The predicted octanol–water partition coefficient (Wildman–Crippen LogP) is 1.55. The molecule has 0 aliphatic heterocycles. The summed E-state index contributed by atoms with van der Waals surface area (Å²) in [7, 11) is 0. The van der Waals surface area contributed by atoms with E-state index in [1.165, 1.54) is 12.1 Å². The highest BCUT2D eigenvalue weighted by atomic mass is 16.6. The van der Waals surface area contributed by atoms with Crippen LogP contribution in [0.2, 0.25) is 0 Å². The van der Waals surface area contributed by atoms with Gasteiger partial charge in [-0.25, -0.2) is 4.79 Å². The van der Waals surface area contributed by atoms with E-state index >= 15 is 0 Å². The van der Waals surface area contributed by atoms with Crippen LogP contribution in [0.15, 0.2) is 18.2 Å². The van der Waals surface area contributed by atoms with Crippen molar-refractivity contribution < 1.29 is 19.9 Å². The van der Waals surface area contributed by atoms with Gasteiger partial charge >= 0.3 is 6.09 Å². The first-order valence-corrected chi connectivity index (χ1v) is 6.14. The van der Waals surface area contributed by atoms with E-state index in [1.54, 1.807) is 6.07 Å². The highest BCUT2D eigenvalue weighted by molar-refractivity contribution is 5.66. The Kier molecular flexibility index (Phi) is 6.24. The molecular weight excluding hydrogens is 266 g/mol. The topological polar surface area (TPSA) is 125 Å². The van der Waals surface area contributed by atoms with E-state index in [-0.39, 0.29) is 12.3 Å². The second-order valence-electron chi connectivity index (χ2n) is 4.09. The molecule has 0 unspecified atom stereocenters. The monoisotopic (exact) mass is 283 g/mol. The van der Waals surface area contributed by atoms with Crippen molar-refractivity contribution in [1.82, 2.24) is 5.32 Å². The van der Waals surface area contributed by atoms with Crippen LogP contribution in [-0.4, -0.2) is 34.3 Å². The highest BCUT2D eigenvalue weighted by Crippen LogP contribution is 2.28. The van der Waals surface area contributed by atoms with Crippen molar-refractivity contribution in [3.05, 3.63) is 33.9 Å². The molecule has 110 valence electrons. The van der Waals surface area contributed by atoms with Crippen molar-refractivity contribution >= 4 is 17.5 Å². The number of amides is 1. The quantitative estimate of drug-likeness (QED) is 0.326. The smallest absolute Gasteiger partial charge is 0.404 e. The molecule has 1 aromatic carbocycles. The van der Waals surface area contributed by atoms with Gasteiger partial charge in [0, 0.05) is 24.7 Å². The molecule has 4 N–H and O–H groups in total. The van der Waals surface area contributed by atoms with Crippen LogP contribution in [0, 0.1) is 10.1 Å². The number of nitro benzene ring substituents is 1. The van der Waals surface area contributed by atoms with Crippen molar-refractivity contribution in [3.63, 3.8) is 0 Å². The number of anilines is 1. The third kappa shape index (κ3) is 4.73. The van der Waals surface area contributed by atoms with E-state index in [0.29, 0.717) is 37.2 Å². The van der Waals surface area contributed by atoms with E-state index in [4.69, 9.17) is 5.11 Å². The summed E-state index contributed by atoms with van der Waals surface area (Å²) in [5.41, 5.74) is 0.689. The largest absolute Gasteiger partial charge is 0.465 e. The van der Waals surface area contributed by atoms with E-state index < -0.39 is 11.0 Å². The van der Waals surface area contributed by atoms with Crippen molar-refractivity contribution in [1.29, 1.82) is 0 Å². The van der Waals surface area contributed by atoms with Crippen LogP contribution in [0.1, 0.15) is 18.4 Å². The van der Waals surface area contributed by atoms with Crippen LogP contribution in [0.4, 0.5) is 16.2 Å². The Bertz CT molecular complexity index is 478. The lowest BCUT2D eigenvalue weighted by atomic mass is 10.1. The second-order valence-corrected chi connectivity index (χ2v) is 4.09. The minimum absolute atomic E-state index is 0.0831. The first-order valence-electron chi connectivity index (χ1n) is 6.14. The third-order valence-electron chi connectivity index (χ3n) is 2.68. The number of carbonyl (C=O) groups is 1. The number of nitrogens with zero attached hydrogens (tertiary/aromatic N) is 1. The maximum absolute atomic E-state index is 10.9. The number of para-hydroxylation sites is 1. The molecule has 0 saturated heterocycles. The number of hydrogen-bond acceptors (Lipinski definition) is 5. The van der Waals surface area contributed by atoms with Crippen LogP contribution in [-0.2, 0) is 6.61 Å². The van der Waals surface area contributed by atoms with Crippen molar-refractivity contribution in [2.75, 3.05) is 18.4 Å². The van der Waals surface area contributed by atoms with Gasteiger partial charge in [-0.1, -0.05) is 12.1 Å². The van der Waals surface area contributed by atoms with Crippen molar-refractivity contribution in [2.24, 2.45) is 0 Å². The lowest BCUT2D eigenvalue weighted by molar-refractivity contribution is -0.384. The molecule has 1 amide bonds. The van der Waals surface area contributed by atoms with Gasteiger partial charge in [-0.15, -0.1) is 0 Å². The number of nitrogens with one attached hydrogen (secondary N) is 2. The SMILES string of the molecule is O=C(O)NCCCCNc1c(CO)cccc1[N+](=O)[O-]. The Morgan fingerprint density at radius 1 is 1.30 bits per heavy atom. The molecule has 0 aliphatic rings. The molecule has 0 spiro atoms. The molecule has 0 atom stereocenters. The van der Waals surface area contributed by atoms with Gasteiger partial charge in [-0.05, 0) is 12.8 Å². The van der Waals surface area contributed by atoms with Gasteiger partial charge in [-0.3, -0.25) is 10.1 Å². The number of hydrogen-bond donors (Lipinski definition) is 4. The molecule has 1 rings (SSSR count). The van der Waals surface area contributed by atoms with E-state index in [9.17, 15) is 20.0 Å². The van der Waals surface area contributed by atoms with Gasteiger partial charge in [-0.2, -0.15) is 0 Å². The van der Waals surface area contributed by atoms with Crippen LogP contribution in [0.3, 0.4) is 0 Å². The lowest BCUT2D eigenvalue weighted by Gasteiger charge is -2.10. The third-order valence-corrected chi connectivity index (χ3v) is 2.68. The number of benzene rings is 1. The summed E-state index contributed by atoms with van der Waals surface area (Å²) in [6.45, 7) is 0.504. The van der Waals surface area contributed by atoms with Gasteiger partial charge in [0.15, 0.2) is 0 Å². The minimum atomic E-state index is -1.07. The van der Waals surface area contributed by atoms with E-state index in [1.807, 2.05) is 0 Å². The lowest BCUT2D eigenvalue weighted by Crippen LogP contribution is -2.22. The number of aliphatic hydroxyl groups is 1. The Labute approximate surface area is 115 Å². The number of aliphatic hydroxyl groups excluding tert-OH is 1. The van der Waals surface area contributed by atoms with Crippen LogP contribution in [0.5, 0.6) is 0 Å². The minimum Gasteiger partial charge on any atom is -0.465 e. The van der Waals surface area contributed by atoms with Crippen molar-refractivity contribution in [2.45, 2.75) is 19.4 Å². The fourth-order valence-electron chi connectivity index (χ4n) is 1.73. The Morgan fingerprint density at radius 2 is 2.00 bits per heavy atom. The molecule has 20 heavy (non-hydrogen) atoms. The van der Waals surface area contributed by atoms with Crippen molar-refractivity contribution in [3.8, 4) is 0 Å². The average Bonchev–Trinajstić information content (AvgIpc) is 2.41. The standard InChI is InChI=1S/C12H17N3O5/c16-8-9-4-3-5-10(15(19)20)11(9)13-6-1-2-7-14-12(17)18/h3-5,13-14,16H,1-2,6-8H2,(H,17,18). The first kappa shape index (κ1) is 15.7. The molecule has 1 aromatic rings. The van der Waals surface area contributed by atoms with Gasteiger partial charge in [0.2, 0.25) is 0 Å². The molecule has 0 radical (unpaired) electrons. The molecule has 8 heteroatoms. The number of unbranched alkanes of at least 4 members (excludes halogenated alkanes) is 1. The Hall–Kier alpha value is -2.35. The second kappa shape index (κ2) is 7.95. The molecule has 0 bridgehead atoms. The summed E-state index contributed by atoms with van der Waals surface area (Å²) in [6.07, 6.45) is 0.199. The van der Waals surface area contributed by atoms with E-state index in [0.717, 1.165) is 0 Å². The summed E-state index contributed by atoms with van der Waals surface area (Å²) in [6, 6.07) is 4.50. The molecule has 0 aromatic heterocycles. The molecule has 0 aliphatic carbocycles. The zero-order valence-corrected chi connectivity index (χ0v) is 10.8. The van der Waals surface area contributed by atoms with Crippen LogP contribution in [0.25, 0.3) is 0 Å².